The van der Waals surface area contributed by atoms with Crippen LogP contribution in [-0.2, 0) is 5.41 Å². The summed E-state index contributed by atoms with van der Waals surface area (Å²) in [5, 5.41) is 10.3. The van der Waals surface area contributed by atoms with E-state index in [-0.39, 0.29) is 0 Å². The van der Waals surface area contributed by atoms with Crippen LogP contribution in [0.3, 0.4) is 0 Å². The van der Waals surface area contributed by atoms with Crippen LogP contribution in [0.1, 0.15) is 22.3 Å². The molecular weight excluding hydrogens is 851 g/mol. The van der Waals surface area contributed by atoms with Gasteiger partial charge in [-0.15, -0.1) is 11.3 Å². The lowest BCUT2D eigenvalue weighted by molar-refractivity contribution is 0.793. The summed E-state index contributed by atoms with van der Waals surface area (Å²) in [4.78, 5) is 2.54. The number of hydrogen-bond donors (Lipinski definition) is 0. The van der Waals surface area contributed by atoms with Crippen molar-refractivity contribution < 1.29 is 0 Å². The van der Waals surface area contributed by atoms with Gasteiger partial charge >= 0.3 is 0 Å². The Morgan fingerprint density at radius 3 is 1.36 bits per heavy atom. The van der Waals surface area contributed by atoms with Crippen molar-refractivity contribution in [3.63, 3.8) is 0 Å². The van der Waals surface area contributed by atoms with E-state index in [9.17, 15) is 0 Å². The molecule has 1 spiro atoms. The van der Waals surface area contributed by atoms with Crippen LogP contribution >= 0.6 is 11.3 Å². The maximum absolute atomic E-state index is 2.54. The SMILES string of the molecule is c1ccc2c(c1)-c1ccccc1C21c2ccccc2-c2cccc(N(c3ccc(-c4ccc(-c5cccc6sc7ccccc7c56)cc4)cc3)c3ccc4c5ccccc5c5ccccc5c4c3)c21. The summed E-state index contributed by atoms with van der Waals surface area (Å²) < 4.78 is 2.65. The van der Waals surface area contributed by atoms with Gasteiger partial charge in [0.15, 0.2) is 0 Å². The van der Waals surface area contributed by atoms with Gasteiger partial charge in [-0.1, -0.05) is 206 Å². The Bertz CT molecular complexity index is 4150. The topological polar surface area (TPSA) is 3.24 Å². The monoisotopic (exact) mass is 891 g/mol. The van der Waals surface area contributed by atoms with Gasteiger partial charge in [0.2, 0.25) is 0 Å². The van der Waals surface area contributed by atoms with E-state index in [0.29, 0.717) is 0 Å². The first-order chi connectivity index (χ1) is 34.2. The summed E-state index contributed by atoms with van der Waals surface area (Å²) in [6, 6.07) is 93.2. The molecule has 320 valence electrons. The molecule has 0 unspecified atom stereocenters. The van der Waals surface area contributed by atoms with Crippen LogP contribution in [0.2, 0.25) is 0 Å². The second-order valence-electron chi connectivity index (χ2n) is 18.6. The number of anilines is 3. The first-order valence-corrected chi connectivity index (χ1v) is 24.7. The number of fused-ring (bicyclic) bond motifs is 19. The zero-order chi connectivity index (χ0) is 45.2. The van der Waals surface area contributed by atoms with Gasteiger partial charge in [-0.05, 0) is 136 Å². The molecular formula is C67H41NS. The molecule has 0 atom stereocenters. The Morgan fingerprint density at radius 2 is 0.725 bits per heavy atom. The number of rotatable bonds is 5. The smallest absolute Gasteiger partial charge is 0.0746 e. The summed E-state index contributed by atoms with van der Waals surface area (Å²) in [7, 11) is 0. The van der Waals surface area contributed by atoms with E-state index in [2.05, 4.69) is 254 Å². The number of benzene rings is 12. The van der Waals surface area contributed by atoms with Gasteiger partial charge in [-0.3, -0.25) is 0 Å². The Morgan fingerprint density at radius 1 is 0.290 bits per heavy atom. The Labute approximate surface area is 404 Å². The molecule has 2 aliphatic rings. The van der Waals surface area contributed by atoms with Crippen molar-refractivity contribution >= 4 is 80.9 Å². The van der Waals surface area contributed by atoms with Gasteiger partial charge in [0.05, 0.1) is 11.1 Å². The molecule has 0 N–H and O–H groups in total. The van der Waals surface area contributed by atoms with Crippen LogP contribution in [0.5, 0.6) is 0 Å². The second-order valence-corrected chi connectivity index (χ2v) is 19.7. The fourth-order valence-electron chi connectivity index (χ4n) is 12.4. The summed E-state index contributed by atoms with van der Waals surface area (Å²) in [6.45, 7) is 0. The van der Waals surface area contributed by atoms with Gasteiger partial charge in [0.25, 0.3) is 0 Å². The van der Waals surface area contributed by atoms with Crippen molar-refractivity contribution in [2.75, 3.05) is 4.90 Å². The average Bonchev–Trinajstić information content (AvgIpc) is 4.06. The summed E-state index contributed by atoms with van der Waals surface area (Å²) in [5.74, 6) is 0. The van der Waals surface area contributed by atoms with E-state index in [1.165, 1.54) is 125 Å². The summed E-state index contributed by atoms with van der Waals surface area (Å²) in [5.41, 5.74) is 18.3. The van der Waals surface area contributed by atoms with E-state index in [4.69, 9.17) is 0 Å². The summed E-state index contributed by atoms with van der Waals surface area (Å²) in [6.07, 6.45) is 0. The highest BCUT2D eigenvalue weighted by Gasteiger charge is 2.53. The molecule has 0 amide bonds. The molecule has 0 saturated heterocycles. The van der Waals surface area contributed by atoms with Crippen LogP contribution < -0.4 is 4.90 Å². The fraction of sp³-hybridized carbons (Fsp3) is 0.0149. The molecule has 0 aliphatic heterocycles. The lowest BCUT2D eigenvalue weighted by Gasteiger charge is -2.36. The highest BCUT2D eigenvalue weighted by molar-refractivity contribution is 7.25. The van der Waals surface area contributed by atoms with Crippen molar-refractivity contribution in [1.82, 2.24) is 0 Å². The van der Waals surface area contributed by atoms with Gasteiger partial charge in [-0.2, -0.15) is 0 Å². The molecule has 1 heterocycles. The van der Waals surface area contributed by atoms with Crippen LogP contribution in [0.4, 0.5) is 17.1 Å². The molecule has 0 radical (unpaired) electrons. The standard InChI is InChI=1S/C67H41NS/c1-2-17-50-48(15-1)49-16-3-4-18-51(49)58-41-46(39-40-52(50)58)68(45-37-35-43(36-38-45)42-31-33-44(34-32-42)47-23-14-30-64-65(47)57-22-8-12-29-63(57)69-64)62-28-13-24-56-55-21-7-11-27-61(55)67(66(56)62)59-25-9-5-19-53(59)54-20-6-10-26-60(54)67/h1-41H. The fourth-order valence-corrected chi connectivity index (χ4v) is 13.6. The summed E-state index contributed by atoms with van der Waals surface area (Å²) >= 11 is 1.87. The minimum atomic E-state index is -0.519. The Balaban J connectivity index is 0.939. The maximum atomic E-state index is 2.54. The highest BCUT2D eigenvalue weighted by atomic mass is 32.1. The third-order valence-electron chi connectivity index (χ3n) is 15.3. The molecule has 0 fully saturated rings. The normalized spacial score (nSPS) is 13.0. The van der Waals surface area contributed by atoms with Crippen molar-refractivity contribution in [2.45, 2.75) is 5.41 Å². The first-order valence-electron chi connectivity index (χ1n) is 23.9. The van der Waals surface area contributed by atoms with Crippen molar-refractivity contribution in [2.24, 2.45) is 0 Å². The molecule has 12 aromatic carbocycles. The van der Waals surface area contributed by atoms with E-state index in [1.807, 2.05) is 11.3 Å². The minimum Gasteiger partial charge on any atom is -0.310 e. The molecule has 2 heteroatoms. The van der Waals surface area contributed by atoms with Gasteiger partial charge < -0.3 is 4.90 Å². The largest absolute Gasteiger partial charge is 0.310 e. The number of hydrogen-bond acceptors (Lipinski definition) is 2. The Kier molecular flexibility index (Phi) is 8.22. The van der Waals surface area contributed by atoms with Gasteiger partial charge in [0, 0.05) is 37.1 Å². The van der Waals surface area contributed by atoms with Crippen LogP contribution in [0.25, 0.3) is 97.0 Å². The maximum Gasteiger partial charge on any atom is 0.0746 e. The van der Waals surface area contributed by atoms with Crippen molar-refractivity contribution in [3.05, 3.63) is 271 Å². The van der Waals surface area contributed by atoms with E-state index < -0.39 is 5.41 Å². The number of nitrogens with zero attached hydrogens (tertiary/aromatic N) is 1. The molecule has 0 bridgehead atoms. The predicted octanol–water partition coefficient (Wildman–Crippen LogP) is 18.7. The predicted molar refractivity (Wildman–Crippen MR) is 294 cm³/mol. The minimum absolute atomic E-state index is 0.519. The zero-order valence-corrected chi connectivity index (χ0v) is 38.3. The third-order valence-corrected chi connectivity index (χ3v) is 16.4. The Hall–Kier alpha value is -8.56. The van der Waals surface area contributed by atoms with Gasteiger partial charge in [-0.25, -0.2) is 0 Å². The lowest BCUT2D eigenvalue weighted by Crippen LogP contribution is -2.28. The van der Waals surface area contributed by atoms with Crippen molar-refractivity contribution in [3.8, 4) is 44.5 Å². The lowest BCUT2D eigenvalue weighted by atomic mass is 9.70. The quantitative estimate of drug-likeness (QED) is 0.156. The molecule has 15 rings (SSSR count). The molecule has 13 aromatic rings. The van der Waals surface area contributed by atoms with Crippen LogP contribution in [0.15, 0.2) is 249 Å². The second kappa shape index (κ2) is 14.7. The molecule has 0 saturated carbocycles. The molecule has 69 heavy (non-hydrogen) atoms. The molecule has 1 nitrogen and oxygen atoms in total. The average molecular weight is 892 g/mol. The highest BCUT2D eigenvalue weighted by Crippen LogP contribution is 2.65. The van der Waals surface area contributed by atoms with Gasteiger partial charge in [0.1, 0.15) is 0 Å². The van der Waals surface area contributed by atoms with Crippen molar-refractivity contribution in [1.29, 1.82) is 0 Å². The van der Waals surface area contributed by atoms with Crippen LogP contribution in [-0.4, -0.2) is 0 Å². The van der Waals surface area contributed by atoms with E-state index >= 15 is 0 Å². The first kappa shape index (κ1) is 38.5. The van der Waals surface area contributed by atoms with Crippen LogP contribution in [0, 0.1) is 0 Å². The zero-order valence-electron chi connectivity index (χ0n) is 37.5. The third kappa shape index (κ3) is 5.41. The molecule has 2 aliphatic carbocycles. The number of thiophene rings is 1. The molecule has 1 aromatic heterocycles. The van der Waals surface area contributed by atoms with E-state index in [0.717, 1.165) is 11.4 Å². The van der Waals surface area contributed by atoms with E-state index in [1.54, 1.807) is 0 Å².